The highest BCUT2D eigenvalue weighted by Crippen LogP contribution is 2.35. The van der Waals surface area contributed by atoms with Crippen molar-refractivity contribution >= 4 is 16.6 Å². The Labute approximate surface area is 191 Å². The molecule has 1 N–H and O–H groups in total. The summed E-state index contributed by atoms with van der Waals surface area (Å²) >= 11 is 0. The number of hydrogen-bond donors (Lipinski definition) is 1. The van der Waals surface area contributed by atoms with Gasteiger partial charge in [0.05, 0.1) is 24.4 Å². The SMILES string of the molecule is COc1ccc(F)cc1-c1ncnc2[nH]c(C3=CCN(Cc4cccc(C#N)c4)CC3)cc12. The van der Waals surface area contributed by atoms with E-state index in [0.29, 0.717) is 28.2 Å². The Kier molecular flexibility index (Phi) is 5.59. The van der Waals surface area contributed by atoms with Crippen LogP contribution in [0, 0.1) is 17.1 Å². The number of benzene rings is 2. The zero-order chi connectivity index (χ0) is 22.8. The van der Waals surface area contributed by atoms with Gasteiger partial charge in [-0.25, -0.2) is 14.4 Å². The second kappa shape index (κ2) is 8.85. The molecule has 0 radical (unpaired) electrons. The maximum absolute atomic E-state index is 14.0. The number of rotatable bonds is 5. The molecule has 3 heterocycles. The highest BCUT2D eigenvalue weighted by Gasteiger charge is 2.18. The lowest BCUT2D eigenvalue weighted by Crippen LogP contribution is -2.28. The van der Waals surface area contributed by atoms with Crippen LogP contribution in [0.3, 0.4) is 0 Å². The normalized spacial score (nSPS) is 14.2. The van der Waals surface area contributed by atoms with Gasteiger partial charge in [0.25, 0.3) is 0 Å². The predicted octanol–water partition coefficient (Wildman–Crippen LogP) is 4.93. The van der Waals surface area contributed by atoms with Gasteiger partial charge in [0.1, 0.15) is 23.5 Å². The number of nitrogens with zero attached hydrogens (tertiary/aromatic N) is 4. The zero-order valence-electron chi connectivity index (χ0n) is 18.2. The molecule has 0 atom stereocenters. The van der Waals surface area contributed by atoms with Crippen LogP contribution in [0.1, 0.15) is 23.2 Å². The molecule has 0 saturated heterocycles. The van der Waals surface area contributed by atoms with Crippen molar-refractivity contribution < 1.29 is 9.13 Å². The lowest BCUT2D eigenvalue weighted by molar-refractivity contribution is 0.294. The van der Waals surface area contributed by atoms with Crippen molar-refractivity contribution in [1.29, 1.82) is 5.26 Å². The summed E-state index contributed by atoms with van der Waals surface area (Å²) in [6.07, 6.45) is 4.59. The van der Waals surface area contributed by atoms with Crippen LogP contribution in [0.4, 0.5) is 4.39 Å². The molecule has 2 aromatic carbocycles. The predicted molar refractivity (Wildman–Crippen MR) is 125 cm³/mol. The topological polar surface area (TPSA) is 77.8 Å². The first-order valence-corrected chi connectivity index (χ1v) is 10.7. The average molecular weight is 439 g/mol. The summed E-state index contributed by atoms with van der Waals surface area (Å²) in [5.41, 5.74) is 5.97. The molecule has 33 heavy (non-hydrogen) atoms. The van der Waals surface area contributed by atoms with Crippen molar-refractivity contribution in [1.82, 2.24) is 19.9 Å². The molecule has 0 unspecified atom stereocenters. The minimum Gasteiger partial charge on any atom is -0.496 e. The first-order valence-electron chi connectivity index (χ1n) is 10.7. The highest BCUT2D eigenvalue weighted by atomic mass is 19.1. The zero-order valence-corrected chi connectivity index (χ0v) is 18.2. The second-order valence-electron chi connectivity index (χ2n) is 8.04. The molecule has 0 aliphatic carbocycles. The van der Waals surface area contributed by atoms with Gasteiger partial charge in [-0.3, -0.25) is 4.90 Å². The Morgan fingerprint density at radius 2 is 2.09 bits per heavy atom. The molecule has 0 saturated carbocycles. The van der Waals surface area contributed by atoms with E-state index in [1.807, 2.05) is 24.3 Å². The maximum atomic E-state index is 14.0. The Morgan fingerprint density at radius 3 is 2.88 bits per heavy atom. The van der Waals surface area contributed by atoms with Crippen LogP contribution in [0.2, 0.25) is 0 Å². The molecule has 0 amide bonds. The fourth-order valence-electron chi connectivity index (χ4n) is 4.29. The van der Waals surface area contributed by atoms with Gasteiger partial charge in [-0.05, 0) is 54.0 Å². The fraction of sp³-hybridized carbons (Fsp3) is 0.192. The van der Waals surface area contributed by atoms with Crippen LogP contribution < -0.4 is 4.74 Å². The Morgan fingerprint density at radius 1 is 1.18 bits per heavy atom. The minimum atomic E-state index is -0.344. The lowest BCUT2D eigenvalue weighted by atomic mass is 10.0. The molecule has 1 aliphatic rings. The molecule has 2 aromatic heterocycles. The van der Waals surface area contributed by atoms with Gasteiger partial charge in [0.15, 0.2) is 0 Å². The number of H-pyrrole nitrogens is 1. The summed E-state index contributed by atoms with van der Waals surface area (Å²) < 4.78 is 19.4. The van der Waals surface area contributed by atoms with E-state index in [0.717, 1.165) is 42.7 Å². The molecular weight excluding hydrogens is 417 g/mol. The first kappa shape index (κ1) is 20.9. The smallest absolute Gasteiger partial charge is 0.141 e. The van der Waals surface area contributed by atoms with Gasteiger partial charge >= 0.3 is 0 Å². The number of aromatic nitrogens is 3. The molecule has 0 spiro atoms. The number of hydrogen-bond acceptors (Lipinski definition) is 5. The van der Waals surface area contributed by atoms with Crippen LogP contribution in [0.5, 0.6) is 5.75 Å². The lowest BCUT2D eigenvalue weighted by Gasteiger charge is -2.26. The first-order chi connectivity index (χ1) is 16.1. The van der Waals surface area contributed by atoms with E-state index in [4.69, 9.17) is 10.00 Å². The number of fused-ring (bicyclic) bond motifs is 1. The standard InChI is InChI=1S/C26H22FN5O/c1-33-24-6-5-20(27)12-21(24)25-22-13-23(31-26(22)30-16-29-25)19-7-9-32(10-8-19)15-18-4-2-3-17(11-18)14-28/h2-7,11-13,16H,8-10,15H2,1H3,(H,29,30,31). The minimum absolute atomic E-state index is 0.344. The van der Waals surface area contributed by atoms with E-state index in [1.165, 1.54) is 24.0 Å². The van der Waals surface area contributed by atoms with Crippen molar-refractivity contribution in [3.8, 4) is 23.1 Å². The summed E-state index contributed by atoms with van der Waals surface area (Å²) in [5, 5.41) is 9.94. The van der Waals surface area contributed by atoms with Gasteiger partial charge in [-0.15, -0.1) is 0 Å². The molecule has 0 bridgehead atoms. The van der Waals surface area contributed by atoms with Crippen molar-refractivity contribution in [2.24, 2.45) is 0 Å². The van der Waals surface area contributed by atoms with Crippen LogP contribution in [0.15, 0.2) is 60.9 Å². The van der Waals surface area contributed by atoms with E-state index < -0.39 is 0 Å². The average Bonchev–Trinajstić information content (AvgIpc) is 3.29. The second-order valence-corrected chi connectivity index (χ2v) is 8.04. The molecular formula is C26H22FN5O. The molecule has 0 fully saturated rings. The van der Waals surface area contributed by atoms with Gasteiger partial charge in [0, 0.05) is 36.3 Å². The third kappa shape index (κ3) is 4.21. The van der Waals surface area contributed by atoms with Crippen molar-refractivity contribution in [2.45, 2.75) is 13.0 Å². The summed E-state index contributed by atoms with van der Waals surface area (Å²) in [6, 6.07) is 16.4. The van der Waals surface area contributed by atoms with E-state index in [-0.39, 0.29) is 5.82 Å². The number of nitrogens with one attached hydrogen (secondary N) is 1. The molecule has 164 valence electrons. The molecule has 5 rings (SSSR count). The summed E-state index contributed by atoms with van der Waals surface area (Å²) in [6.45, 7) is 2.53. The van der Waals surface area contributed by atoms with Crippen LogP contribution in [-0.2, 0) is 6.54 Å². The third-order valence-corrected chi connectivity index (χ3v) is 5.94. The number of methoxy groups -OCH3 is 1. The highest BCUT2D eigenvalue weighted by molar-refractivity contribution is 5.94. The van der Waals surface area contributed by atoms with E-state index in [1.54, 1.807) is 13.2 Å². The van der Waals surface area contributed by atoms with Gasteiger partial charge < -0.3 is 9.72 Å². The third-order valence-electron chi connectivity index (χ3n) is 5.94. The van der Waals surface area contributed by atoms with E-state index in [2.05, 4.69) is 38.1 Å². The number of aromatic amines is 1. The summed E-state index contributed by atoms with van der Waals surface area (Å²) in [7, 11) is 1.56. The fourth-order valence-corrected chi connectivity index (χ4v) is 4.29. The Bertz CT molecular complexity index is 1400. The van der Waals surface area contributed by atoms with Gasteiger partial charge in [0.2, 0.25) is 0 Å². The number of halogens is 1. The quantitative estimate of drug-likeness (QED) is 0.477. The van der Waals surface area contributed by atoms with Gasteiger partial charge in [-0.2, -0.15) is 5.26 Å². The monoisotopic (exact) mass is 439 g/mol. The van der Waals surface area contributed by atoms with Crippen LogP contribution in [-0.4, -0.2) is 40.1 Å². The van der Waals surface area contributed by atoms with E-state index >= 15 is 0 Å². The maximum Gasteiger partial charge on any atom is 0.141 e. The number of nitriles is 1. The Balaban J connectivity index is 1.41. The summed E-state index contributed by atoms with van der Waals surface area (Å²) in [4.78, 5) is 14.6. The molecule has 7 heteroatoms. The van der Waals surface area contributed by atoms with E-state index in [9.17, 15) is 4.39 Å². The van der Waals surface area contributed by atoms with Crippen molar-refractivity contribution in [2.75, 3.05) is 20.2 Å². The number of ether oxygens (including phenoxy) is 1. The van der Waals surface area contributed by atoms with Crippen LogP contribution >= 0.6 is 0 Å². The molecule has 6 nitrogen and oxygen atoms in total. The Hall–Kier alpha value is -4.02. The molecule has 1 aliphatic heterocycles. The molecule has 4 aromatic rings. The van der Waals surface area contributed by atoms with Crippen molar-refractivity contribution in [3.63, 3.8) is 0 Å². The van der Waals surface area contributed by atoms with Crippen LogP contribution in [0.25, 0.3) is 27.9 Å². The van der Waals surface area contributed by atoms with Gasteiger partial charge in [-0.1, -0.05) is 18.2 Å². The van der Waals surface area contributed by atoms with Crippen molar-refractivity contribution in [3.05, 3.63) is 83.6 Å². The summed E-state index contributed by atoms with van der Waals surface area (Å²) in [5.74, 6) is 0.218. The largest absolute Gasteiger partial charge is 0.496 e.